The summed E-state index contributed by atoms with van der Waals surface area (Å²) in [7, 11) is -2.69. The van der Waals surface area contributed by atoms with Gasteiger partial charge < -0.3 is 4.57 Å². The maximum absolute atomic E-state index is 10.3. The van der Waals surface area contributed by atoms with Gasteiger partial charge in [-0.2, -0.15) is 10.5 Å². The largest absolute Gasteiger partial charge is 0.309 e. The van der Waals surface area contributed by atoms with Gasteiger partial charge >= 0.3 is 0 Å². The third kappa shape index (κ3) is 4.88. The van der Waals surface area contributed by atoms with Gasteiger partial charge in [-0.05, 0) is 80.2 Å². The smallest absolute Gasteiger partial charge is 0.188 e. The summed E-state index contributed by atoms with van der Waals surface area (Å²) in [6, 6.07) is 63.2. The molecule has 0 spiro atoms. The van der Waals surface area contributed by atoms with E-state index in [1.54, 1.807) is 0 Å². The predicted molar refractivity (Wildman–Crippen MR) is 206 cm³/mol. The van der Waals surface area contributed by atoms with Gasteiger partial charge in [0.05, 0.1) is 40.9 Å². The van der Waals surface area contributed by atoms with E-state index >= 15 is 0 Å². The Morgan fingerprint density at radius 3 is 1.60 bits per heavy atom. The lowest BCUT2D eigenvalue weighted by Crippen LogP contribution is -2.74. The topological polar surface area (TPSA) is 56.9 Å². The van der Waals surface area contributed by atoms with Crippen LogP contribution in [0.25, 0.3) is 43.5 Å². The molecule has 0 unspecified atom stereocenters. The summed E-state index contributed by atoms with van der Waals surface area (Å²) < 4.78 is 2.15. The average molecular weight is 653 g/mol. The molecule has 50 heavy (non-hydrogen) atoms. The van der Waals surface area contributed by atoms with Gasteiger partial charge in [0.1, 0.15) is 0 Å². The van der Waals surface area contributed by atoms with Crippen LogP contribution in [0.3, 0.4) is 0 Å². The second-order valence-corrected chi connectivity index (χ2v) is 16.1. The van der Waals surface area contributed by atoms with E-state index in [1.807, 2.05) is 48.5 Å². The van der Waals surface area contributed by atoms with E-state index in [4.69, 9.17) is 6.57 Å². The number of aromatic nitrogens is 1. The molecule has 1 heterocycles. The van der Waals surface area contributed by atoms with E-state index in [0.29, 0.717) is 16.8 Å². The molecule has 0 fully saturated rings. The Balaban J connectivity index is 1.32. The zero-order chi connectivity index (χ0) is 34.1. The molecular weight excluding hydrogens is 625 g/mol. The van der Waals surface area contributed by atoms with Crippen LogP contribution >= 0.6 is 0 Å². The minimum Gasteiger partial charge on any atom is -0.309 e. The van der Waals surface area contributed by atoms with E-state index in [-0.39, 0.29) is 0 Å². The lowest BCUT2D eigenvalue weighted by Gasteiger charge is -2.34. The van der Waals surface area contributed by atoms with Crippen molar-refractivity contribution in [3.63, 3.8) is 0 Å². The molecule has 8 rings (SSSR count). The van der Waals surface area contributed by atoms with Gasteiger partial charge in [-0.3, -0.25) is 0 Å². The maximum Gasteiger partial charge on any atom is 0.188 e. The van der Waals surface area contributed by atoms with E-state index < -0.39 is 8.07 Å². The predicted octanol–water partition coefficient (Wildman–Crippen LogP) is 8.12. The molecule has 4 nitrogen and oxygen atoms in total. The molecule has 7 aromatic carbocycles. The van der Waals surface area contributed by atoms with E-state index in [0.717, 1.165) is 38.6 Å². The summed E-state index contributed by atoms with van der Waals surface area (Å²) in [6.45, 7) is 7.58. The van der Waals surface area contributed by atoms with Crippen molar-refractivity contribution in [2.24, 2.45) is 0 Å². The van der Waals surface area contributed by atoms with Crippen LogP contribution in [-0.4, -0.2) is 12.6 Å². The Kier molecular flexibility index (Phi) is 7.63. The van der Waals surface area contributed by atoms with Crippen LogP contribution in [0.5, 0.6) is 0 Å². The molecule has 232 valence electrons. The molecule has 0 aliphatic heterocycles. The van der Waals surface area contributed by atoms with Gasteiger partial charge in [0, 0.05) is 16.6 Å². The highest BCUT2D eigenvalue weighted by Gasteiger charge is 2.41. The van der Waals surface area contributed by atoms with Crippen molar-refractivity contribution in [2.75, 3.05) is 0 Å². The van der Waals surface area contributed by atoms with Crippen LogP contribution in [0.15, 0.2) is 170 Å². The Labute approximate surface area is 291 Å². The van der Waals surface area contributed by atoms with Crippen molar-refractivity contribution in [3.8, 4) is 29.0 Å². The van der Waals surface area contributed by atoms with Crippen molar-refractivity contribution in [1.82, 2.24) is 4.57 Å². The van der Waals surface area contributed by atoms with Crippen molar-refractivity contribution in [1.29, 1.82) is 10.5 Å². The first-order valence-electron chi connectivity index (χ1n) is 16.3. The Bertz CT molecular complexity index is 2490. The van der Waals surface area contributed by atoms with E-state index in [2.05, 4.69) is 143 Å². The van der Waals surface area contributed by atoms with E-state index in [1.165, 1.54) is 20.7 Å². The van der Waals surface area contributed by atoms with Crippen LogP contribution in [-0.2, 0) is 0 Å². The molecule has 0 radical (unpaired) electrons. The molecule has 0 saturated carbocycles. The van der Waals surface area contributed by atoms with Gasteiger partial charge in [0.2, 0.25) is 0 Å². The summed E-state index contributed by atoms with van der Waals surface area (Å²) in [5.41, 5.74) is 6.23. The molecule has 0 saturated heterocycles. The Hall–Kier alpha value is -6.97. The van der Waals surface area contributed by atoms with Crippen molar-refractivity contribution in [3.05, 3.63) is 192 Å². The zero-order valence-corrected chi connectivity index (χ0v) is 28.0. The SMILES string of the molecule is [C-]#[N+]c1ccc2c(c1)c1cc(C#N)ccc1n2-c1ccc(C#N)c(-c2ccc([Si](c3ccccc3)(c3ccccc3)c3ccccc3)cc2)c1. The molecule has 0 N–H and O–H groups in total. The molecule has 1 aromatic heterocycles. The van der Waals surface area contributed by atoms with Gasteiger partial charge in [-0.25, -0.2) is 4.85 Å². The van der Waals surface area contributed by atoms with Crippen LogP contribution in [0.2, 0.25) is 0 Å². The normalized spacial score (nSPS) is 11.1. The maximum atomic E-state index is 10.3. The van der Waals surface area contributed by atoms with Crippen LogP contribution in [0.1, 0.15) is 11.1 Å². The highest BCUT2D eigenvalue weighted by atomic mass is 28.3. The molecule has 0 atom stereocenters. The Morgan fingerprint density at radius 2 is 1.06 bits per heavy atom. The lowest BCUT2D eigenvalue weighted by molar-refractivity contribution is 1.18. The standard InChI is InChI=1S/C45H28N4Si/c1-48-35-21-26-45-43(28-35)42-27-32(30-46)17-25-44(42)49(45)36-22-18-34(31-47)41(29-36)33-19-23-40(24-20-33)50(37-11-5-2-6-12-37,38-13-7-3-8-14-38)39-15-9-4-10-16-39/h2-29H. The van der Waals surface area contributed by atoms with E-state index in [9.17, 15) is 10.5 Å². The number of nitriles is 2. The fraction of sp³-hybridized carbons (Fsp3) is 0. The van der Waals surface area contributed by atoms with Gasteiger partial charge in [0.25, 0.3) is 0 Å². The molecular formula is C45H28N4Si. The molecule has 8 aromatic rings. The summed E-state index contributed by atoms with van der Waals surface area (Å²) in [5.74, 6) is 0. The zero-order valence-electron chi connectivity index (χ0n) is 27.0. The minimum absolute atomic E-state index is 0.542. The molecule has 5 heteroatoms. The number of nitrogens with zero attached hydrogens (tertiary/aromatic N) is 4. The second-order valence-electron chi connectivity index (χ2n) is 12.3. The van der Waals surface area contributed by atoms with Gasteiger partial charge in [-0.15, -0.1) is 0 Å². The van der Waals surface area contributed by atoms with Crippen molar-refractivity contribution in [2.45, 2.75) is 0 Å². The first-order chi connectivity index (χ1) is 24.6. The first-order valence-corrected chi connectivity index (χ1v) is 18.3. The monoisotopic (exact) mass is 652 g/mol. The number of rotatable bonds is 6. The summed E-state index contributed by atoms with van der Waals surface area (Å²) >= 11 is 0. The van der Waals surface area contributed by atoms with Gasteiger partial charge in [0.15, 0.2) is 13.8 Å². The third-order valence-corrected chi connectivity index (χ3v) is 14.4. The first kappa shape index (κ1) is 30.4. The quantitative estimate of drug-likeness (QED) is 0.104. The summed E-state index contributed by atoms with van der Waals surface area (Å²) in [6.07, 6.45) is 0. The Morgan fingerprint density at radius 1 is 0.520 bits per heavy atom. The molecule has 0 aliphatic carbocycles. The number of fused-ring (bicyclic) bond motifs is 3. The second kappa shape index (κ2) is 12.6. The van der Waals surface area contributed by atoms with Crippen LogP contribution in [0, 0.1) is 29.2 Å². The van der Waals surface area contributed by atoms with Crippen LogP contribution in [0.4, 0.5) is 5.69 Å². The fourth-order valence-corrected chi connectivity index (χ4v) is 12.1. The van der Waals surface area contributed by atoms with Gasteiger partial charge in [-0.1, -0.05) is 121 Å². The van der Waals surface area contributed by atoms with Crippen molar-refractivity contribution < 1.29 is 0 Å². The highest BCUT2D eigenvalue weighted by molar-refractivity contribution is 7.19. The summed E-state index contributed by atoms with van der Waals surface area (Å²) in [4.78, 5) is 3.65. The number of hydrogen-bond acceptors (Lipinski definition) is 2. The lowest BCUT2D eigenvalue weighted by atomic mass is 9.99. The molecule has 0 amide bonds. The molecule has 0 aliphatic rings. The average Bonchev–Trinajstić information content (AvgIpc) is 3.52. The number of benzene rings is 7. The number of hydrogen-bond donors (Lipinski definition) is 0. The fourth-order valence-electron chi connectivity index (χ4n) is 7.40. The minimum atomic E-state index is -2.69. The van der Waals surface area contributed by atoms with Crippen LogP contribution < -0.4 is 20.7 Å². The third-order valence-electron chi connectivity index (χ3n) is 9.64. The molecule has 0 bridgehead atoms. The van der Waals surface area contributed by atoms with Crippen molar-refractivity contribution >= 4 is 56.3 Å². The highest BCUT2D eigenvalue weighted by Crippen LogP contribution is 2.36. The summed E-state index contributed by atoms with van der Waals surface area (Å²) in [5, 5.41) is 26.9.